The molecule has 0 saturated carbocycles. The van der Waals surface area contributed by atoms with E-state index < -0.39 is 0 Å². The fraction of sp³-hybridized carbons (Fsp3) is 0.346. The van der Waals surface area contributed by atoms with Gasteiger partial charge in [-0.25, -0.2) is 4.98 Å². The van der Waals surface area contributed by atoms with Crippen molar-refractivity contribution in [2.45, 2.75) is 25.4 Å². The summed E-state index contributed by atoms with van der Waals surface area (Å²) in [6, 6.07) is 12.8. The summed E-state index contributed by atoms with van der Waals surface area (Å²) in [6.07, 6.45) is 2.80. The lowest BCUT2D eigenvalue weighted by Gasteiger charge is -2.35. The summed E-state index contributed by atoms with van der Waals surface area (Å²) in [4.78, 5) is 30.8. The Morgan fingerprint density at radius 1 is 1.06 bits per heavy atom. The summed E-state index contributed by atoms with van der Waals surface area (Å²) < 4.78 is 0. The first kappa shape index (κ1) is 23.3. The van der Waals surface area contributed by atoms with Gasteiger partial charge in [-0.3, -0.25) is 14.6 Å². The van der Waals surface area contributed by atoms with Crippen LogP contribution in [0.4, 0.5) is 28.8 Å². The molecule has 0 aliphatic carbocycles. The molecular weight excluding hydrogens is 497 g/mol. The topological polar surface area (TPSA) is 67.8 Å². The molecule has 2 aromatic carbocycles. The molecule has 1 aromatic heterocycles. The molecule has 0 radical (unpaired) electrons. The van der Waals surface area contributed by atoms with E-state index in [9.17, 15) is 4.79 Å². The summed E-state index contributed by atoms with van der Waals surface area (Å²) in [5, 5.41) is 4.14. The van der Waals surface area contributed by atoms with Crippen LogP contribution in [0.1, 0.15) is 22.3 Å². The number of nitrogens with one attached hydrogen (secondary N) is 1. The number of para-hydroxylation sites is 1. The molecule has 0 spiro atoms. The Bertz CT molecular complexity index is 1340. The van der Waals surface area contributed by atoms with Gasteiger partial charge in [0.1, 0.15) is 11.4 Å². The number of benzene rings is 2. The highest BCUT2D eigenvalue weighted by molar-refractivity contribution is 6.40. The zero-order valence-electron chi connectivity index (χ0n) is 20.4. The smallest absolute Gasteiger partial charge is 0.265 e. The molecule has 2 atom stereocenters. The fourth-order valence-electron chi connectivity index (χ4n) is 5.63. The molecule has 36 heavy (non-hydrogen) atoms. The van der Waals surface area contributed by atoms with E-state index >= 15 is 0 Å². The molecule has 186 valence electrons. The molecule has 2 bridgehead atoms. The number of fused-ring (bicyclic) bond motifs is 3. The van der Waals surface area contributed by atoms with Crippen LogP contribution in [0, 0.1) is 6.92 Å². The van der Waals surface area contributed by atoms with Gasteiger partial charge in [0.2, 0.25) is 5.95 Å². The summed E-state index contributed by atoms with van der Waals surface area (Å²) in [6.45, 7) is 4.62. The SMILES string of the molecule is Cc1cc(Nc2ncc3c(n2)N(C)CN(c2c(Cl)cccc2Cl)C3=O)ccc1N1C[C@H]2C[C@@H]1CN2C. The second kappa shape index (κ2) is 8.80. The first-order valence-electron chi connectivity index (χ1n) is 12.0. The van der Waals surface area contributed by atoms with Crippen molar-refractivity contribution in [3.63, 3.8) is 0 Å². The summed E-state index contributed by atoms with van der Waals surface area (Å²) in [5.41, 5.74) is 4.29. The second-order valence-corrected chi connectivity index (χ2v) is 10.6. The third-order valence-corrected chi connectivity index (χ3v) is 8.05. The number of likely N-dealkylation sites (N-methyl/N-ethyl adjacent to an activating group) is 1. The molecule has 8 nitrogen and oxygen atoms in total. The molecule has 2 saturated heterocycles. The lowest BCUT2D eigenvalue weighted by Crippen LogP contribution is -2.46. The van der Waals surface area contributed by atoms with Gasteiger partial charge < -0.3 is 15.1 Å². The normalized spacial score (nSPS) is 21.4. The number of halogens is 2. The Balaban J connectivity index is 1.23. The zero-order chi connectivity index (χ0) is 25.1. The lowest BCUT2D eigenvalue weighted by molar-refractivity contribution is 0.0982. The Hall–Kier alpha value is -3.07. The van der Waals surface area contributed by atoms with Crippen molar-refractivity contribution < 1.29 is 4.79 Å². The van der Waals surface area contributed by atoms with E-state index in [0.29, 0.717) is 45.1 Å². The highest BCUT2D eigenvalue weighted by Gasteiger charge is 2.41. The van der Waals surface area contributed by atoms with Crippen LogP contribution in [-0.4, -0.2) is 66.7 Å². The van der Waals surface area contributed by atoms with Gasteiger partial charge in [-0.15, -0.1) is 0 Å². The average molecular weight is 524 g/mol. The van der Waals surface area contributed by atoms with Crippen LogP contribution in [0.3, 0.4) is 0 Å². The Morgan fingerprint density at radius 2 is 1.83 bits per heavy atom. The highest BCUT2D eigenvalue weighted by Crippen LogP contribution is 2.38. The summed E-state index contributed by atoms with van der Waals surface area (Å²) >= 11 is 12.7. The molecule has 3 aliphatic heterocycles. The minimum absolute atomic E-state index is 0.240. The van der Waals surface area contributed by atoms with Crippen molar-refractivity contribution in [3.05, 3.63) is 63.8 Å². The number of aryl methyl sites for hydroxylation is 1. The fourth-order valence-corrected chi connectivity index (χ4v) is 6.23. The van der Waals surface area contributed by atoms with Crippen LogP contribution < -0.4 is 20.0 Å². The van der Waals surface area contributed by atoms with Crippen LogP contribution in [0.25, 0.3) is 0 Å². The molecule has 6 rings (SSSR count). The lowest BCUT2D eigenvalue weighted by atomic mass is 10.1. The van der Waals surface area contributed by atoms with E-state index in [4.69, 9.17) is 23.2 Å². The van der Waals surface area contributed by atoms with Gasteiger partial charge in [0.05, 0.1) is 22.4 Å². The van der Waals surface area contributed by atoms with Gasteiger partial charge in [-0.1, -0.05) is 29.3 Å². The van der Waals surface area contributed by atoms with Gasteiger partial charge in [-0.2, -0.15) is 4.98 Å². The number of hydrogen-bond donors (Lipinski definition) is 1. The maximum Gasteiger partial charge on any atom is 0.265 e. The molecule has 3 aliphatic rings. The van der Waals surface area contributed by atoms with Crippen molar-refractivity contribution in [1.29, 1.82) is 0 Å². The van der Waals surface area contributed by atoms with Crippen molar-refractivity contribution in [1.82, 2.24) is 14.9 Å². The van der Waals surface area contributed by atoms with Crippen LogP contribution in [-0.2, 0) is 0 Å². The number of aromatic nitrogens is 2. The average Bonchev–Trinajstić information content (AvgIpc) is 3.42. The summed E-state index contributed by atoms with van der Waals surface area (Å²) in [7, 11) is 4.09. The predicted octanol–water partition coefficient (Wildman–Crippen LogP) is 4.78. The van der Waals surface area contributed by atoms with Gasteiger partial charge >= 0.3 is 0 Å². The van der Waals surface area contributed by atoms with E-state index in [2.05, 4.69) is 57.3 Å². The standard InChI is InChI=1S/C26H27Cl2N7O/c1-15-9-16(7-8-22(15)34-13-17-10-18(34)12-32(17)2)30-26-29-11-19-24(31-26)33(3)14-35(25(19)36)23-20(27)5-4-6-21(23)28/h4-9,11,17-18H,10,12-14H2,1-3H3,(H,29,30,31)/t17-,18-/m1/s1. The third kappa shape index (κ3) is 3.84. The molecule has 3 aromatic rings. The molecule has 4 heterocycles. The molecule has 2 fully saturated rings. The van der Waals surface area contributed by atoms with Crippen molar-refractivity contribution in [2.75, 3.05) is 53.9 Å². The van der Waals surface area contributed by atoms with Crippen LogP contribution >= 0.6 is 23.2 Å². The Labute approximate surface area is 220 Å². The molecule has 1 N–H and O–H groups in total. The van der Waals surface area contributed by atoms with E-state index in [-0.39, 0.29) is 12.6 Å². The second-order valence-electron chi connectivity index (χ2n) is 9.84. The van der Waals surface area contributed by atoms with Crippen LogP contribution in [0.15, 0.2) is 42.6 Å². The van der Waals surface area contributed by atoms with E-state index in [1.165, 1.54) is 17.7 Å². The van der Waals surface area contributed by atoms with Crippen molar-refractivity contribution in [3.8, 4) is 0 Å². The van der Waals surface area contributed by atoms with Crippen molar-refractivity contribution in [2.24, 2.45) is 0 Å². The molecule has 10 heteroatoms. The first-order valence-corrected chi connectivity index (χ1v) is 12.7. The minimum atomic E-state index is -0.240. The Morgan fingerprint density at radius 3 is 2.50 bits per heavy atom. The number of hydrogen-bond acceptors (Lipinski definition) is 7. The van der Waals surface area contributed by atoms with E-state index in [0.717, 1.165) is 18.8 Å². The molecular formula is C26H27Cl2N7O. The molecule has 1 amide bonds. The predicted molar refractivity (Wildman–Crippen MR) is 145 cm³/mol. The minimum Gasteiger partial charge on any atom is -0.365 e. The maximum atomic E-state index is 13.3. The number of piperazine rings is 1. The quantitative estimate of drug-likeness (QED) is 0.527. The third-order valence-electron chi connectivity index (χ3n) is 7.44. The molecule has 0 unspecified atom stereocenters. The number of carbonyl (C=O) groups excluding carboxylic acids is 1. The maximum absolute atomic E-state index is 13.3. The number of amides is 1. The summed E-state index contributed by atoms with van der Waals surface area (Å²) in [5.74, 6) is 0.754. The first-order chi connectivity index (χ1) is 17.3. The number of carbonyl (C=O) groups is 1. The van der Waals surface area contributed by atoms with Gasteiger partial charge in [0.15, 0.2) is 0 Å². The number of anilines is 5. The monoisotopic (exact) mass is 523 g/mol. The number of nitrogens with zero attached hydrogens (tertiary/aromatic N) is 6. The van der Waals surface area contributed by atoms with Crippen LogP contribution in [0.2, 0.25) is 10.0 Å². The van der Waals surface area contributed by atoms with Gasteiger partial charge in [0, 0.05) is 49.8 Å². The van der Waals surface area contributed by atoms with Gasteiger partial charge in [-0.05, 0) is 56.3 Å². The Kier molecular flexibility index (Phi) is 5.70. The van der Waals surface area contributed by atoms with E-state index in [1.54, 1.807) is 29.3 Å². The zero-order valence-corrected chi connectivity index (χ0v) is 21.9. The number of likely N-dealkylation sites (tertiary alicyclic amines) is 1. The highest BCUT2D eigenvalue weighted by atomic mass is 35.5. The van der Waals surface area contributed by atoms with Gasteiger partial charge in [0.25, 0.3) is 5.91 Å². The largest absolute Gasteiger partial charge is 0.365 e. The van der Waals surface area contributed by atoms with Crippen molar-refractivity contribution >= 4 is 57.9 Å². The number of rotatable bonds is 4. The van der Waals surface area contributed by atoms with Crippen LogP contribution in [0.5, 0.6) is 0 Å². The van der Waals surface area contributed by atoms with E-state index in [1.807, 2.05) is 11.9 Å².